The minimum atomic E-state index is 0.364. The molecule has 0 radical (unpaired) electrons. The van der Waals surface area contributed by atoms with Gasteiger partial charge in [0.2, 0.25) is 0 Å². The summed E-state index contributed by atoms with van der Waals surface area (Å²) < 4.78 is 0. The number of nitrogens with zero attached hydrogens (tertiary/aromatic N) is 1. The van der Waals surface area contributed by atoms with Crippen LogP contribution in [0, 0.1) is 5.41 Å². The molecule has 0 spiro atoms. The van der Waals surface area contributed by atoms with E-state index in [1.807, 2.05) is 18.4 Å². The molecule has 1 aromatic rings. The van der Waals surface area contributed by atoms with Gasteiger partial charge in [-0.3, -0.25) is 0 Å². The van der Waals surface area contributed by atoms with E-state index in [1.165, 1.54) is 5.46 Å². The van der Waals surface area contributed by atoms with Gasteiger partial charge in [0.25, 0.3) is 0 Å². The van der Waals surface area contributed by atoms with E-state index < -0.39 is 0 Å². The molecule has 0 aliphatic carbocycles. The van der Waals surface area contributed by atoms with E-state index in [-0.39, 0.29) is 0 Å². The second-order valence-electron chi connectivity index (χ2n) is 4.10. The van der Waals surface area contributed by atoms with Crippen molar-refractivity contribution in [3.05, 3.63) is 23.8 Å². The summed E-state index contributed by atoms with van der Waals surface area (Å²) in [6.07, 6.45) is 4.85. The normalized spacial score (nSPS) is 11.2. The number of aromatic nitrogens is 1. The second-order valence-corrected chi connectivity index (χ2v) is 4.10. The van der Waals surface area contributed by atoms with Crippen molar-refractivity contribution in [2.24, 2.45) is 5.41 Å². The Bertz CT molecular complexity index is 213. The molecule has 0 saturated heterocycles. The maximum absolute atomic E-state index is 4.07. The van der Waals surface area contributed by atoms with Gasteiger partial charge in [-0.15, -0.1) is 0 Å². The minimum absolute atomic E-state index is 0.364. The van der Waals surface area contributed by atoms with E-state index in [1.54, 1.807) is 0 Å². The van der Waals surface area contributed by atoms with E-state index >= 15 is 0 Å². The molecule has 0 aromatic carbocycles. The van der Waals surface area contributed by atoms with Crippen molar-refractivity contribution >= 4 is 6.91 Å². The van der Waals surface area contributed by atoms with Gasteiger partial charge in [0.05, 0.1) is 0 Å². The average molecular weight is 147 g/mol. The Kier molecular flexibility index (Phi) is 2.43. The van der Waals surface area contributed by atoms with Crippen molar-refractivity contribution in [3.63, 3.8) is 0 Å². The van der Waals surface area contributed by atoms with Crippen LogP contribution < -0.4 is 0 Å². The number of hydrogen-bond acceptors (Lipinski definition) is 1. The zero-order valence-electron chi connectivity index (χ0n) is 7.46. The first-order valence-electron chi connectivity index (χ1n) is 3.97. The third-order valence-corrected chi connectivity index (χ3v) is 1.46. The van der Waals surface area contributed by atoms with Gasteiger partial charge >= 0.3 is 68.3 Å². The monoisotopic (exact) mass is 147 g/mol. The Morgan fingerprint density at radius 3 is 2.64 bits per heavy atom. The molecule has 0 unspecified atom stereocenters. The predicted octanol–water partition coefficient (Wildman–Crippen LogP) is 2.01. The Morgan fingerprint density at radius 1 is 1.45 bits per heavy atom. The summed E-state index contributed by atoms with van der Waals surface area (Å²) in [6.45, 7) is 8.83. The van der Waals surface area contributed by atoms with Crippen LogP contribution in [0.5, 0.6) is 0 Å². The summed E-state index contributed by atoms with van der Waals surface area (Å²) in [6, 6.07) is 0. The van der Waals surface area contributed by atoms with Crippen molar-refractivity contribution in [1.82, 2.24) is 4.98 Å². The average Bonchev–Trinajstić information content (AvgIpc) is 1.85. The van der Waals surface area contributed by atoms with Crippen LogP contribution in [0.3, 0.4) is 0 Å². The van der Waals surface area contributed by atoms with Gasteiger partial charge in [0, 0.05) is 0 Å². The molecule has 1 nitrogen and oxygen atoms in total. The van der Waals surface area contributed by atoms with Crippen molar-refractivity contribution < 1.29 is 0 Å². The third-order valence-electron chi connectivity index (χ3n) is 1.46. The summed E-state index contributed by atoms with van der Waals surface area (Å²) in [7, 11) is 0. The number of rotatable bonds is 1. The SMILES string of the molecule is CC(C)(C)Cc1bccnc1. The zero-order valence-corrected chi connectivity index (χ0v) is 7.46. The van der Waals surface area contributed by atoms with Crippen LogP contribution in [0.1, 0.15) is 26.2 Å². The molecule has 0 amide bonds. The number of hydrogen-bond donors (Lipinski definition) is 0. The van der Waals surface area contributed by atoms with E-state index in [0.717, 1.165) is 6.42 Å². The topological polar surface area (TPSA) is 12.9 Å². The fraction of sp³-hybridized carbons (Fsp3) is 0.556. The molecule has 11 heavy (non-hydrogen) atoms. The fourth-order valence-corrected chi connectivity index (χ4v) is 1.12. The summed E-state index contributed by atoms with van der Waals surface area (Å²) in [5.74, 6) is 1.99. The molecule has 0 N–H and O–H groups in total. The van der Waals surface area contributed by atoms with Crippen molar-refractivity contribution in [1.29, 1.82) is 0 Å². The van der Waals surface area contributed by atoms with Crippen LogP contribution in [-0.2, 0) is 6.42 Å². The molecule has 0 saturated carbocycles. The van der Waals surface area contributed by atoms with E-state index in [0.29, 0.717) is 5.41 Å². The molecule has 0 atom stereocenters. The second kappa shape index (κ2) is 3.16. The first kappa shape index (κ1) is 8.44. The summed E-state index contributed by atoms with van der Waals surface area (Å²) >= 11 is 0. The van der Waals surface area contributed by atoms with Gasteiger partial charge in [-0.05, 0) is 0 Å². The van der Waals surface area contributed by atoms with Crippen molar-refractivity contribution in [2.75, 3.05) is 0 Å². The molecule has 1 aromatic heterocycles. The van der Waals surface area contributed by atoms with Gasteiger partial charge < -0.3 is 0 Å². The molecule has 0 aliphatic rings. The standard InChI is InChI=1S/C9H14BN/c1-9(2,3)6-8-7-11-5-4-10-8/h4-5,7H,6H2,1-3H3. The fourth-order valence-electron chi connectivity index (χ4n) is 1.12. The third kappa shape index (κ3) is 3.31. The summed E-state index contributed by atoms with van der Waals surface area (Å²) in [5.41, 5.74) is 1.68. The summed E-state index contributed by atoms with van der Waals surface area (Å²) in [4.78, 5) is 4.07. The van der Waals surface area contributed by atoms with Crippen molar-refractivity contribution in [3.8, 4) is 0 Å². The van der Waals surface area contributed by atoms with Gasteiger partial charge in [-0.1, -0.05) is 0 Å². The molecule has 0 bridgehead atoms. The molecule has 1 rings (SSSR count). The molecular weight excluding hydrogens is 133 g/mol. The van der Waals surface area contributed by atoms with E-state index in [2.05, 4.69) is 32.7 Å². The quantitative estimate of drug-likeness (QED) is 0.592. The Balaban J connectivity index is 2.66. The predicted molar refractivity (Wildman–Crippen MR) is 48.7 cm³/mol. The molecule has 0 fully saturated rings. The van der Waals surface area contributed by atoms with Crippen LogP contribution in [0.2, 0.25) is 0 Å². The Labute approximate surface area is 69.1 Å². The van der Waals surface area contributed by atoms with Crippen LogP contribution in [0.4, 0.5) is 0 Å². The van der Waals surface area contributed by atoms with Crippen LogP contribution in [-0.4, -0.2) is 11.9 Å². The maximum atomic E-state index is 4.07. The van der Waals surface area contributed by atoms with E-state index in [4.69, 9.17) is 0 Å². The first-order valence-corrected chi connectivity index (χ1v) is 3.97. The molecule has 2 heteroatoms. The first-order chi connectivity index (χ1) is 5.08. The molecular formula is C9H14BN. The Morgan fingerprint density at radius 2 is 2.18 bits per heavy atom. The van der Waals surface area contributed by atoms with Gasteiger partial charge in [0.15, 0.2) is 0 Å². The van der Waals surface area contributed by atoms with Crippen molar-refractivity contribution in [2.45, 2.75) is 27.2 Å². The zero-order chi connectivity index (χ0) is 8.32. The van der Waals surface area contributed by atoms with Crippen LogP contribution in [0.15, 0.2) is 18.4 Å². The van der Waals surface area contributed by atoms with Gasteiger partial charge in [-0.25, -0.2) is 0 Å². The van der Waals surface area contributed by atoms with Crippen LogP contribution >= 0.6 is 0 Å². The Hall–Kier alpha value is -0.655. The van der Waals surface area contributed by atoms with Gasteiger partial charge in [-0.2, -0.15) is 0 Å². The van der Waals surface area contributed by atoms with Crippen LogP contribution in [0.25, 0.3) is 0 Å². The van der Waals surface area contributed by atoms with Gasteiger partial charge in [0.1, 0.15) is 0 Å². The van der Waals surface area contributed by atoms with E-state index in [9.17, 15) is 0 Å². The molecule has 0 aliphatic heterocycles. The molecule has 58 valence electrons. The summed E-state index contributed by atoms with van der Waals surface area (Å²) in [5, 5.41) is 0. The molecule has 1 heterocycles.